The predicted octanol–water partition coefficient (Wildman–Crippen LogP) is 7.60. The Morgan fingerprint density at radius 3 is 1.50 bits per heavy atom. The van der Waals surface area contributed by atoms with E-state index in [2.05, 4.69) is 20.8 Å². The molecule has 1 unspecified atom stereocenters. The summed E-state index contributed by atoms with van der Waals surface area (Å²) >= 11 is 0. The van der Waals surface area contributed by atoms with Gasteiger partial charge in [-0.2, -0.15) is 0 Å². The van der Waals surface area contributed by atoms with Crippen LogP contribution in [-0.2, 0) is 4.79 Å². The maximum Gasteiger partial charge on any atom is 0.306 e. The van der Waals surface area contributed by atoms with Crippen LogP contribution in [0.2, 0.25) is 0 Å². The van der Waals surface area contributed by atoms with Gasteiger partial charge in [-0.3, -0.25) is 4.79 Å². The molecule has 0 aliphatic heterocycles. The summed E-state index contributed by atoms with van der Waals surface area (Å²) < 4.78 is 0. The maximum absolute atomic E-state index is 11.3. The Morgan fingerprint density at radius 1 is 0.667 bits per heavy atom. The Morgan fingerprint density at radius 2 is 1.08 bits per heavy atom. The molecule has 2 nitrogen and oxygen atoms in total. The molecular formula is C22H44O2. The average molecular weight is 341 g/mol. The molecule has 1 atom stereocenters. The van der Waals surface area contributed by atoms with Crippen LogP contribution >= 0.6 is 0 Å². The van der Waals surface area contributed by atoms with Crippen LogP contribution in [0.15, 0.2) is 0 Å². The van der Waals surface area contributed by atoms with E-state index in [4.69, 9.17) is 0 Å². The lowest BCUT2D eigenvalue weighted by atomic mass is 9.93. The summed E-state index contributed by atoms with van der Waals surface area (Å²) in [7, 11) is 0. The van der Waals surface area contributed by atoms with Crippen molar-refractivity contribution in [2.75, 3.05) is 0 Å². The van der Waals surface area contributed by atoms with Crippen molar-refractivity contribution in [3.8, 4) is 0 Å². The highest BCUT2D eigenvalue weighted by atomic mass is 16.4. The highest BCUT2D eigenvalue weighted by Crippen LogP contribution is 2.20. The van der Waals surface area contributed by atoms with Gasteiger partial charge in [0.05, 0.1) is 5.92 Å². The van der Waals surface area contributed by atoms with Crippen LogP contribution in [0.1, 0.15) is 124 Å². The van der Waals surface area contributed by atoms with Crippen molar-refractivity contribution in [3.05, 3.63) is 0 Å². The molecule has 0 saturated carbocycles. The summed E-state index contributed by atoms with van der Waals surface area (Å²) in [4.78, 5) is 11.3. The number of hydrogen-bond acceptors (Lipinski definition) is 1. The van der Waals surface area contributed by atoms with E-state index >= 15 is 0 Å². The molecule has 0 aliphatic rings. The van der Waals surface area contributed by atoms with Crippen LogP contribution in [-0.4, -0.2) is 11.1 Å². The highest BCUT2D eigenvalue weighted by Gasteiger charge is 2.16. The molecule has 0 saturated heterocycles. The molecule has 0 spiro atoms. The van der Waals surface area contributed by atoms with E-state index in [-0.39, 0.29) is 5.92 Å². The molecule has 0 aromatic heterocycles. The summed E-state index contributed by atoms with van der Waals surface area (Å²) in [6.07, 6.45) is 20.0. The first-order chi connectivity index (χ1) is 11.6. The first kappa shape index (κ1) is 23.5. The van der Waals surface area contributed by atoms with Crippen LogP contribution in [0.5, 0.6) is 0 Å². The topological polar surface area (TPSA) is 37.3 Å². The summed E-state index contributed by atoms with van der Waals surface area (Å²) in [5.41, 5.74) is 0. The van der Waals surface area contributed by atoms with Gasteiger partial charge in [0.15, 0.2) is 0 Å². The Bertz CT molecular complexity index is 273. The van der Waals surface area contributed by atoms with Gasteiger partial charge in [-0.25, -0.2) is 0 Å². The molecule has 0 aromatic carbocycles. The molecule has 24 heavy (non-hydrogen) atoms. The zero-order chi connectivity index (χ0) is 18.0. The molecule has 0 aromatic rings. The molecule has 144 valence electrons. The predicted molar refractivity (Wildman–Crippen MR) is 106 cm³/mol. The fourth-order valence-electron chi connectivity index (χ4n) is 3.40. The number of carboxylic acids is 1. The minimum absolute atomic E-state index is 0.105. The summed E-state index contributed by atoms with van der Waals surface area (Å²) in [6.45, 7) is 6.69. The van der Waals surface area contributed by atoms with E-state index in [9.17, 15) is 9.90 Å². The first-order valence-corrected chi connectivity index (χ1v) is 10.8. The second-order valence-electron chi connectivity index (χ2n) is 8.04. The minimum Gasteiger partial charge on any atom is -0.481 e. The van der Waals surface area contributed by atoms with Crippen molar-refractivity contribution in [3.63, 3.8) is 0 Å². The maximum atomic E-state index is 11.3. The van der Waals surface area contributed by atoms with Crippen LogP contribution in [0, 0.1) is 11.8 Å². The van der Waals surface area contributed by atoms with Gasteiger partial charge in [-0.1, -0.05) is 111 Å². The third kappa shape index (κ3) is 16.3. The van der Waals surface area contributed by atoms with E-state index in [0.29, 0.717) is 5.92 Å². The fraction of sp³-hybridized carbons (Fsp3) is 0.955. The van der Waals surface area contributed by atoms with Gasteiger partial charge in [0.25, 0.3) is 0 Å². The lowest BCUT2D eigenvalue weighted by Gasteiger charge is -2.13. The second kappa shape index (κ2) is 17.3. The van der Waals surface area contributed by atoms with E-state index in [1.807, 2.05) is 0 Å². The van der Waals surface area contributed by atoms with Gasteiger partial charge in [0, 0.05) is 0 Å². The second-order valence-corrected chi connectivity index (χ2v) is 8.04. The van der Waals surface area contributed by atoms with Crippen LogP contribution in [0.25, 0.3) is 0 Å². The monoisotopic (exact) mass is 340 g/mol. The lowest BCUT2D eigenvalue weighted by Crippen LogP contribution is -2.13. The Balaban J connectivity index is 3.41. The molecule has 0 heterocycles. The van der Waals surface area contributed by atoms with E-state index < -0.39 is 5.97 Å². The SMILES string of the molecule is CCCCCCCCCCCCCCC(CCCC(C)C)C(=O)O. The van der Waals surface area contributed by atoms with Gasteiger partial charge in [0.1, 0.15) is 0 Å². The van der Waals surface area contributed by atoms with Crippen LogP contribution < -0.4 is 0 Å². The van der Waals surface area contributed by atoms with Gasteiger partial charge in [-0.05, 0) is 18.8 Å². The third-order valence-corrected chi connectivity index (χ3v) is 5.09. The zero-order valence-corrected chi connectivity index (χ0v) is 16.8. The number of aliphatic carboxylic acids is 1. The van der Waals surface area contributed by atoms with E-state index in [1.54, 1.807) is 0 Å². The summed E-state index contributed by atoms with van der Waals surface area (Å²) in [6, 6.07) is 0. The summed E-state index contributed by atoms with van der Waals surface area (Å²) in [5.74, 6) is -0.000195. The van der Waals surface area contributed by atoms with E-state index in [0.717, 1.165) is 32.1 Å². The van der Waals surface area contributed by atoms with E-state index in [1.165, 1.54) is 70.6 Å². The fourth-order valence-corrected chi connectivity index (χ4v) is 3.40. The lowest BCUT2D eigenvalue weighted by molar-refractivity contribution is -0.142. The quantitative estimate of drug-likeness (QED) is 0.261. The van der Waals surface area contributed by atoms with Crippen molar-refractivity contribution < 1.29 is 9.90 Å². The normalized spacial score (nSPS) is 12.7. The third-order valence-electron chi connectivity index (χ3n) is 5.09. The van der Waals surface area contributed by atoms with Gasteiger partial charge < -0.3 is 5.11 Å². The Kier molecular flexibility index (Phi) is 16.9. The molecule has 0 bridgehead atoms. The van der Waals surface area contributed by atoms with Crippen LogP contribution in [0.3, 0.4) is 0 Å². The molecule has 0 aliphatic carbocycles. The van der Waals surface area contributed by atoms with Gasteiger partial charge in [-0.15, -0.1) is 0 Å². The molecule has 0 amide bonds. The Labute approximate surface area is 151 Å². The molecule has 1 N–H and O–H groups in total. The van der Waals surface area contributed by atoms with Crippen molar-refractivity contribution in [1.82, 2.24) is 0 Å². The first-order valence-electron chi connectivity index (χ1n) is 10.8. The minimum atomic E-state index is -0.582. The molecular weight excluding hydrogens is 296 g/mol. The number of carboxylic acid groups (broad SMARTS) is 1. The zero-order valence-electron chi connectivity index (χ0n) is 16.8. The number of carbonyl (C=O) groups is 1. The average Bonchev–Trinajstić information content (AvgIpc) is 2.53. The molecule has 2 heteroatoms. The molecule has 0 radical (unpaired) electrons. The van der Waals surface area contributed by atoms with Crippen molar-refractivity contribution in [2.45, 2.75) is 124 Å². The standard InChI is InChI=1S/C22H44O2/c1-4-5-6-7-8-9-10-11-12-13-14-15-18-21(22(23)24)19-16-17-20(2)3/h20-21H,4-19H2,1-3H3,(H,23,24). The Hall–Kier alpha value is -0.530. The number of rotatable bonds is 18. The highest BCUT2D eigenvalue weighted by molar-refractivity contribution is 5.69. The van der Waals surface area contributed by atoms with Crippen molar-refractivity contribution >= 4 is 5.97 Å². The van der Waals surface area contributed by atoms with Crippen molar-refractivity contribution in [1.29, 1.82) is 0 Å². The molecule has 0 fully saturated rings. The number of unbranched alkanes of at least 4 members (excludes halogenated alkanes) is 11. The molecule has 0 rings (SSSR count). The van der Waals surface area contributed by atoms with Crippen molar-refractivity contribution in [2.24, 2.45) is 11.8 Å². The van der Waals surface area contributed by atoms with Gasteiger partial charge >= 0.3 is 5.97 Å². The van der Waals surface area contributed by atoms with Gasteiger partial charge in [0.2, 0.25) is 0 Å². The van der Waals surface area contributed by atoms with Crippen LogP contribution in [0.4, 0.5) is 0 Å². The number of hydrogen-bond donors (Lipinski definition) is 1. The smallest absolute Gasteiger partial charge is 0.306 e. The summed E-state index contributed by atoms with van der Waals surface area (Å²) in [5, 5.41) is 9.32. The largest absolute Gasteiger partial charge is 0.481 e.